The summed E-state index contributed by atoms with van der Waals surface area (Å²) >= 11 is 6.44. The number of nitrogens with zero attached hydrogens (tertiary/aromatic N) is 2. The summed E-state index contributed by atoms with van der Waals surface area (Å²) in [4.78, 5) is 36.0. The third kappa shape index (κ3) is 4.35. The molecule has 0 aliphatic carbocycles. The van der Waals surface area contributed by atoms with Crippen LogP contribution in [0.4, 0.5) is 0 Å². The molecule has 0 aliphatic heterocycles. The quantitative estimate of drug-likeness (QED) is 0.390. The molecule has 0 aliphatic rings. The van der Waals surface area contributed by atoms with E-state index < -0.39 is 17.2 Å². The first-order valence-corrected chi connectivity index (χ1v) is 11.0. The first-order chi connectivity index (χ1) is 16.2. The monoisotopic (exact) mass is 474 g/mol. The molecule has 1 atom stereocenters. The molecule has 172 valence electrons. The topological polar surface area (TPSA) is 122 Å². The fraction of sp³-hybridized carbons (Fsp3) is 0.154. The summed E-state index contributed by atoms with van der Waals surface area (Å²) in [5.74, 6) is -0.279. The van der Waals surface area contributed by atoms with Crippen molar-refractivity contribution in [1.29, 1.82) is 0 Å². The Kier molecular flexibility index (Phi) is 6.32. The zero-order valence-electron chi connectivity index (χ0n) is 18.6. The van der Waals surface area contributed by atoms with Crippen molar-refractivity contribution in [3.63, 3.8) is 0 Å². The number of aromatic nitrogens is 3. The van der Waals surface area contributed by atoms with E-state index in [4.69, 9.17) is 17.3 Å². The van der Waals surface area contributed by atoms with Crippen LogP contribution in [0.15, 0.2) is 77.6 Å². The summed E-state index contributed by atoms with van der Waals surface area (Å²) in [5, 5.41) is 11.6. The van der Waals surface area contributed by atoms with E-state index in [-0.39, 0.29) is 28.2 Å². The molecule has 0 radical (unpaired) electrons. The minimum atomic E-state index is -2.11. The smallest absolute Gasteiger partial charge is 0.348 e. The predicted octanol–water partition coefficient (Wildman–Crippen LogP) is 4.00. The van der Waals surface area contributed by atoms with Crippen LogP contribution in [-0.2, 0) is 10.4 Å². The number of benzene rings is 3. The number of hydrogen-bond acceptors (Lipinski definition) is 5. The molecule has 0 bridgehead atoms. The minimum Gasteiger partial charge on any atom is -0.372 e. The number of nitrogens with one attached hydrogen (secondary N) is 1. The summed E-state index contributed by atoms with van der Waals surface area (Å²) in [6.45, 7) is 4.14. The van der Waals surface area contributed by atoms with Crippen LogP contribution in [0, 0.1) is 0 Å². The molecule has 34 heavy (non-hydrogen) atoms. The van der Waals surface area contributed by atoms with E-state index in [2.05, 4.69) is 28.8 Å². The largest absolute Gasteiger partial charge is 0.372 e. The van der Waals surface area contributed by atoms with Crippen LogP contribution in [0.3, 0.4) is 0 Å². The van der Waals surface area contributed by atoms with Gasteiger partial charge in [-0.3, -0.25) is 9.78 Å². The summed E-state index contributed by atoms with van der Waals surface area (Å²) in [6, 6.07) is 20.5. The van der Waals surface area contributed by atoms with Crippen molar-refractivity contribution >= 4 is 17.5 Å². The van der Waals surface area contributed by atoms with Crippen molar-refractivity contribution in [2.24, 2.45) is 5.73 Å². The third-order valence-corrected chi connectivity index (χ3v) is 5.98. The van der Waals surface area contributed by atoms with Crippen LogP contribution in [-0.4, -0.2) is 26.0 Å². The molecule has 0 fully saturated rings. The van der Waals surface area contributed by atoms with Gasteiger partial charge in [0.25, 0.3) is 5.91 Å². The average molecular weight is 475 g/mol. The zero-order chi connectivity index (χ0) is 24.5. The number of carbonyl (C=O) groups excluding carboxylic acids is 1. The molecule has 7 nitrogen and oxygen atoms in total. The SMILES string of the molecule is CC(C)c1cccc(-c2nc(-c3cc(C(O)(C(N)=O)c4ccccc4)ccc3Cl)[nH]c(=O)n2)c1. The van der Waals surface area contributed by atoms with Crippen LogP contribution in [0.5, 0.6) is 0 Å². The Hall–Kier alpha value is -3.81. The molecule has 1 amide bonds. The lowest BCUT2D eigenvalue weighted by Gasteiger charge is -2.26. The van der Waals surface area contributed by atoms with Crippen molar-refractivity contribution in [3.05, 3.63) is 105 Å². The van der Waals surface area contributed by atoms with Crippen LogP contribution < -0.4 is 11.4 Å². The third-order valence-electron chi connectivity index (χ3n) is 5.65. The van der Waals surface area contributed by atoms with Gasteiger partial charge in [0.05, 0.1) is 5.02 Å². The fourth-order valence-corrected chi connectivity index (χ4v) is 3.95. The summed E-state index contributed by atoms with van der Waals surface area (Å²) < 4.78 is 0. The van der Waals surface area contributed by atoms with E-state index in [1.54, 1.807) is 30.3 Å². The van der Waals surface area contributed by atoms with E-state index in [9.17, 15) is 14.7 Å². The van der Waals surface area contributed by atoms with E-state index in [1.807, 2.05) is 24.3 Å². The lowest BCUT2D eigenvalue weighted by atomic mass is 9.85. The zero-order valence-corrected chi connectivity index (χ0v) is 19.4. The number of hydrogen-bond donors (Lipinski definition) is 3. The van der Waals surface area contributed by atoms with Crippen molar-refractivity contribution < 1.29 is 9.90 Å². The van der Waals surface area contributed by atoms with E-state index in [1.165, 1.54) is 18.2 Å². The molecule has 4 aromatic rings. The van der Waals surface area contributed by atoms with E-state index in [0.29, 0.717) is 16.7 Å². The number of aliphatic hydroxyl groups is 1. The van der Waals surface area contributed by atoms with Crippen LogP contribution >= 0.6 is 11.6 Å². The van der Waals surface area contributed by atoms with Gasteiger partial charge in [-0.15, -0.1) is 0 Å². The van der Waals surface area contributed by atoms with Crippen LogP contribution in [0.25, 0.3) is 22.8 Å². The number of rotatable bonds is 6. The van der Waals surface area contributed by atoms with E-state index in [0.717, 1.165) is 5.56 Å². The highest BCUT2D eigenvalue weighted by molar-refractivity contribution is 6.33. The van der Waals surface area contributed by atoms with Crippen molar-refractivity contribution in [3.8, 4) is 22.8 Å². The molecule has 0 spiro atoms. The first-order valence-electron chi connectivity index (χ1n) is 10.7. The molecule has 0 saturated carbocycles. The Morgan fingerprint density at radius 2 is 1.74 bits per heavy atom. The molecule has 4 rings (SSSR count). The molecule has 1 aromatic heterocycles. The maximum Gasteiger partial charge on any atom is 0.348 e. The number of halogens is 1. The van der Waals surface area contributed by atoms with Gasteiger partial charge in [0.15, 0.2) is 11.4 Å². The molecule has 1 heterocycles. The summed E-state index contributed by atoms with van der Waals surface area (Å²) in [6.07, 6.45) is 0. The second-order valence-electron chi connectivity index (χ2n) is 8.24. The average Bonchev–Trinajstić information content (AvgIpc) is 2.84. The highest BCUT2D eigenvalue weighted by Crippen LogP contribution is 2.35. The number of H-pyrrole nitrogens is 1. The molecule has 3 aromatic carbocycles. The van der Waals surface area contributed by atoms with Gasteiger partial charge in [-0.05, 0) is 40.8 Å². The standard InChI is InChI=1S/C26H23ClN4O3/c1-15(2)16-7-6-8-17(13-16)22-29-23(31-25(33)30-22)20-14-19(11-12-21(20)27)26(34,24(28)32)18-9-4-3-5-10-18/h3-15,34H,1-2H3,(H2,28,32)(H,29,30,31,33). The van der Waals surface area contributed by atoms with Gasteiger partial charge in [-0.1, -0.05) is 80.0 Å². The van der Waals surface area contributed by atoms with E-state index >= 15 is 0 Å². The lowest BCUT2D eigenvalue weighted by Crippen LogP contribution is -2.42. The Morgan fingerprint density at radius 1 is 1.00 bits per heavy atom. The number of primary amides is 1. The van der Waals surface area contributed by atoms with Gasteiger partial charge in [0.2, 0.25) is 0 Å². The Balaban J connectivity index is 1.87. The molecule has 4 N–H and O–H groups in total. The second kappa shape index (κ2) is 9.21. The number of carbonyl (C=O) groups is 1. The van der Waals surface area contributed by atoms with Crippen LogP contribution in [0.1, 0.15) is 36.5 Å². The summed E-state index contributed by atoms with van der Waals surface area (Å²) in [7, 11) is 0. The fourth-order valence-electron chi connectivity index (χ4n) is 3.74. The highest BCUT2D eigenvalue weighted by Gasteiger charge is 2.38. The Morgan fingerprint density at radius 3 is 2.41 bits per heavy atom. The molecule has 8 heteroatoms. The van der Waals surface area contributed by atoms with Gasteiger partial charge < -0.3 is 10.8 Å². The predicted molar refractivity (Wildman–Crippen MR) is 131 cm³/mol. The van der Waals surface area contributed by atoms with Gasteiger partial charge in [-0.25, -0.2) is 9.78 Å². The number of aromatic amines is 1. The molecular weight excluding hydrogens is 452 g/mol. The second-order valence-corrected chi connectivity index (χ2v) is 8.65. The Labute approximate surface area is 201 Å². The van der Waals surface area contributed by atoms with Gasteiger partial charge in [-0.2, -0.15) is 4.98 Å². The Bertz CT molecular complexity index is 1420. The van der Waals surface area contributed by atoms with Gasteiger partial charge in [0, 0.05) is 11.1 Å². The van der Waals surface area contributed by atoms with Crippen molar-refractivity contribution in [2.75, 3.05) is 0 Å². The minimum absolute atomic E-state index is 0.150. The summed E-state index contributed by atoms with van der Waals surface area (Å²) in [5.41, 5.74) is 5.48. The molecule has 0 saturated heterocycles. The van der Waals surface area contributed by atoms with Gasteiger partial charge >= 0.3 is 5.69 Å². The highest BCUT2D eigenvalue weighted by atomic mass is 35.5. The van der Waals surface area contributed by atoms with Crippen molar-refractivity contribution in [2.45, 2.75) is 25.4 Å². The normalized spacial score (nSPS) is 13.0. The first kappa shape index (κ1) is 23.4. The van der Waals surface area contributed by atoms with Crippen molar-refractivity contribution in [1.82, 2.24) is 15.0 Å². The molecule has 1 unspecified atom stereocenters. The molecular formula is C26H23ClN4O3. The number of amides is 1. The van der Waals surface area contributed by atoms with Gasteiger partial charge in [0.1, 0.15) is 5.82 Å². The maximum absolute atomic E-state index is 12.4. The lowest BCUT2D eigenvalue weighted by molar-refractivity contribution is -0.133. The maximum atomic E-state index is 12.4. The van der Waals surface area contributed by atoms with Crippen LogP contribution in [0.2, 0.25) is 5.02 Å². The number of nitrogens with two attached hydrogens (primary N) is 1.